The van der Waals surface area contributed by atoms with Gasteiger partial charge < -0.3 is 9.26 Å². The molecule has 166 valence electrons. The molecule has 0 spiro atoms. The number of anilines is 2. The number of nitrogens with zero attached hydrogens (tertiary/aromatic N) is 4. The Morgan fingerprint density at radius 2 is 1.97 bits per heavy atom. The van der Waals surface area contributed by atoms with E-state index in [0.29, 0.717) is 53.8 Å². The second-order valence-electron chi connectivity index (χ2n) is 7.77. The molecule has 0 bridgehead atoms. The summed E-state index contributed by atoms with van der Waals surface area (Å²) in [7, 11) is -3.80. The molecule has 32 heavy (non-hydrogen) atoms. The lowest BCUT2D eigenvalue weighted by molar-refractivity contribution is -0.121. The third-order valence-electron chi connectivity index (χ3n) is 5.72. The van der Waals surface area contributed by atoms with Crippen molar-refractivity contribution in [3.63, 3.8) is 0 Å². The summed E-state index contributed by atoms with van der Waals surface area (Å²) in [6.07, 6.45) is 1.27. The first-order valence-corrected chi connectivity index (χ1v) is 11.8. The number of amides is 1. The van der Waals surface area contributed by atoms with Gasteiger partial charge in [0.2, 0.25) is 5.89 Å². The van der Waals surface area contributed by atoms with Gasteiger partial charge in [-0.2, -0.15) is 4.98 Å². The van der Waals surface area contributed by atoms with E-state index in [0.717, 1.165) is 5.56 Å². The van der Waals surface area contributed by atoms with Crippen LogP contribution in [0.15, 0.2) is 45.8 Å². The van der Waals surface area contributed by atoms with E-state index >= 15 is 0 Å². The van der Waals surface area contributed by atoms with Crippen LogP contribution in [0.2, 0.25) is 0 Å². The van der Waals surface area contributed by atoms with E-state index in [2.05, 4.69) is 10.1 Å². The number of hydrogen-bond donors (Lipinski definition) is 0. The van der Waals surface area contributed by atoms with Crippen LogP contribution in [0.4, 0.5) is 11.4 Å². The summed E-state index contributed by atoms with van der Waals surface area (Å²) in [5.41, 5.74) is 2.72. The molecule has 0 aliphatic carbocycles. The first-order chi connectivity index (χ1) is 15.4. The molecular formula is C22H22N4O5S. The Bertz CT molecular complexity index is 1320. The molecule has 2 aromatic carbocycles. The zero-order valence-electron chi connectivity index (χ0n) is 17.7. The maximum Gasteiger partial charge on any atom is 0.265 e. The predicted molar refractivity (Wildman–Crippen MR) is 116 cm³/mol. The highest BCUT2D eigenvalue weighted by Crippen LogP contribution is 2.40. The standard InChI is InChI=1S/C22H22N4O5S/c1-3-21-23-20(24-31-21)12-25-17-10-14(2)19(11-18(17)30-13-22(25)27)32(28,29)26-9-8-15-6-4-5-7-16(15)26/h4-7,10-11H,3,8-9,12-13H2,1-2H3. The molecule has 0 saturated carbocycles. The van der Waals surface area contributed by atoms with Gasteiger partial charge >= 0.3 is 0 Å². The number of sulfonamides is 1. The normalized spacial score (nSPS) is 15.5. The molecule has 2 aliphatic rings. The summed E-state index contributed by atoms with van der Waals surface area (Å²) < 4.78 is 39.3. The molecule has 0 fully saturated rings. The van der Waals surface area contributed by atoms with Gasteiger partial charge in [-0.1, -0.05) is 30.3 Å². The predicted octanol–water partition coefficient (Wildman–Crippen LogP) is 2.62. The zero-order chi connectivity index (χ0) is 22.5. The lowest BCUT2D eigenvalue weighted by Crippen LogP contribution is -2.39. The van der Waals surface area contributed by atoms with E-state index < -0.39 is 10.0 Å². The Morgan fingerprint density at radius 3 is 2.75 bits per heavy atom. The van der Waals surface area contributed by atoms with Crippen LogP contribution in [0.25, 0.3) is 0 Å². The lowest BCUT2D eigenvalue weighted by atomic mass is 10.1. The highest BCUT2D eigenvalue weighted by atomic mass is 32.2. The van der Waals surface area contributed by atoms with E-state index in [1.165, 1.54) is 15.3 Å². The number of carbonyl (C=O) groups excluding carboxylic acids is 1. The van der Waals surface area contributed by atoms with Gasteiger partial charge in [0.15, 0.2) is 12.4 Å². The number of aromatic nitrogens is 2. The van der Waals surface area contributed by atoms with Crippen LogP contribution in [0.3, 0.4) is 0 Å². The smallest absolute Gasteiger partial charge is 0.265 e. The van der Waals surface area contributed by atoms with Crippen LogP contribution in [-0.2, 0) is 34.2 Å². The number of carbonyl (C=O) groups is 1. The Hall–Kier alpha value is -3.40. The van der Waals surface area contributed by atoms with E-state index in [4.69, 9.17) is 9.26 Å². The number of aryl methyl sites for hydroxylation is 2. The summed E-state index contributed by atoms with van der Waals surface area (Å²) >= 11 is 0. The summed E-state index contributed by atoms with van der Waals surface area (Å²) in [6.45, 7) is 3.93. The van der Waals surface area contributed by atoms with Crippen molar-refractivity contribution >= 4 is 27.3 Å². The summed E-state index contributed by atoms with van der Waals surface area (Å²) in [6, 6.07) is 10.7. The highest BCUT2D eigenvalue weighted by molar-refractivity contribution is 7.93. The number of benzene rings is 2. The molecule has 0 atom stereocenters. The number of ether oxygens (including phenoxy) is 1. The SMILES string of the molecule is CCc1nc(CN2C(=O)COc3cc(S(=O)(=O)N4CCc5ccccc54)c(C)cc32)no1. The molecule has 0 N–H and O–H groups in total. The Kier molecular flexibility index (Phi) is 4.89. The van der Waals surface area contributed by atoms with Gasteiger partial charge in [-0.05, 0) is 36.6 Å². The first kappa shape index (κ1) is 20.5. The largest absolute Gasteiger partial charge is 0.482 e. The average molecular weight is 455 g/mol. The fourth-order valence-electron chi connectivity index (χ4n) is 4.10. The zero-order valence-corrected chi connectivity index (χ0v) is 18.6. The Labute approximate surface area is 185 Å². The number of para-hydroxylation sites is 1. The van der Waals surface area contributed by atoms with Gasteiger partial charge in [0, 0.05) is 19.0 Å². The topological polar surface area (TPSA) is 106 Å². The van der Waals surface area contributed by atoms with E-state index in [9.17, 15) is 13.2 Å². The van der Waals surface area contributed by atoms with E-state index in [1.54, 1.807) is 13.0 Å². The van der Waals surface area contributed by atoms with Crippen LogP contribution in [0.1, 0.15) is 29.8 Å². The Balaban J connectivity index is 1.52. The third kappa shape index (κ3) is 3.31. The molecule has 9 nitrogen and oxygen atoms in total. The van der Waals surface area contributed by atoms with Crippen molar-refractivity contribution in [1.29, 1.82) is 0 Å². The number of fused-ring (bicyclic) bond motifs is 2. The molecule has 0 unspecified atom stereocenters. The molecule has 2 aliphatic heterocycles. The van der Waals surface area contributed by atoms with Crippen LogP contribution in [0, 0.1) is 6.92 Å². The van der Waals surface area contributed by atoms with Gasteiger partial charge in [-0.3, -0.25) is 14.0 Å². The lowest BCUT2D eigenvalue weighted by Gasteiger charge is -2.30. The van der Waals surface area contributed by atoms with Gasteiger partial charge in [-0.15, -0.1) is 0 Å². The molecule has 0 saturated heterocycles. The number of hydrogen-bond acceptors (Lipinski definition) is 7. The van der Waals surface area contributed by atoms with Crippen molar-refractivity contribution in [2.24, 2.45) is 0 Å². The fraction of sp³-hybridized carbons (Fsp3) is 0.318. The minimum atomic E-state index is -3.80. The molecule has 3 heterocycles. The van der Waals surface area contributed by atoms with Gasteiger partial charge in [0.05, 0.1) is 22.8 Å². The molecule has 10 heteroatoms. The molecule has 3 aromatic rings. The van der Waals surface area contributed by atoms with Crippen molar-refractivity contribution in [3.8, 4) is 5.75 Å². The van der Waals surface area contributed by atoms with Crippen LogP contribution >= 0.6 is 0 Å². The van der Waals surface area contributed by atoms with Crippen molar-refractivity contribution in [2.75, 3.05) is 22.4 Å². The van der Waals surface area contributed by atoms with E-state index in [-0.39, 0.29) is 24.0 Å². The molecule has 1 aromatic heterocycles. The van der Waals surface area contributed by atoms with Crippen LogP contribution < -0.4 is 13.9 Å². The maximum absolute atomic E-state index is 13.5. The average Bonchev–Trinajstić information content (AvgIpc) is 3.42. The second kappa shape index (κ2) is 7.63. The minimum absolute atomic E-state index is 0.115. The van der Waals surface area contributed by atoms with Crippen LogP contribution in [0.5, 0.6) is 5.75 Å². The fourth-order valence-corrected chi connectivity index (χ4v) is 5.83. The summed E-state index contributed by atoms with van der Waals surface area (Å²) in [5, 5.41) is 3.92. The quantitative estimate of drug-likeness (QED) is 0.583. The summed E-state index contributed by atoms with van der Waals surface area (Å²) in [4.78, 5) is 18.5. The molecule has 5 rings (SSSR count). The van der Waals surface area contributed by atoms with Crippen molar-refractivity contribution in [1.82, 2.24) is 10.1 Å². The highest BCUT2D eigenvalue weighted by Gasteiger charge is 2.35. The van der Waals surface area contributed by atoms with E-state index in [1.807, 2.05) is 31.2 Å². The molecular weight excluding hydrogens is 432 g/mol. The van der Waals surface area contributed by atoms with Crippen molar-refractivity contribution < 1.29 is 22.5 Å². The molecule has 0 radical (unpaired) electrons. The summed E-state index contributed by atoms with van der Waals surface area (Å²) in [5.74, 6) is 0.944. The minimum Gasteiger partial charge on any atom is -0.482 e. The van der Waals surface area contributed by atoms with Gasteiger partial charge in [0.1, 0.15) is 5.75 Å². The van der Waals surface area contributed by atoms with Gasteiger partial charge in [-0.25, -0.2) is 8.42 Å². The Morgan fingerprint density at radius 1 is 1.16 bits per heavy atom. The van der Waals surface area contributed by atoms with Crippen molar-refractivity contribution in [3.05, 3.63) is 59.2 Å². The molecule has 1 amide bonds. The van der Waals surface area contributed by atoms with Gasteiger partial charge in [0.25, 0.3) is 15.9 Å². The third-order valence-corrected chi connectivity index (χ3v) is 7.68. The van der Waals surface area contributed by atoms with Crippen LogP contribution in [-0.4, -0.2) is 37.6 Å². The van der Waals surface area contributed by atoms with Crippen molar-refractivity contribution in [2.45, 2.75) is 38.1 Å². The second-order valence-corrected chi connectivity index (χ2v) is 9.60. The monoisotopic (exact) mass is 454 g/mol. The number of rotatable bonds is 5. The maximum atomic E-state index is 13.5. The first-order valence-electron chi connectivity index (χ1n) is 10.4.